The van der Waals surface area contributed by atoms with Crippen LogP contribution in [-0.4, -0.2) is 36.5 Å². The zero-order valence-corrected chi connectivity index (χ0v) is 17.7. The molecule has 0 radical (unpaired) electrons. The summed E-state index contributed by atoms with van der Waals surface area (Å²) in [5.41, 5.74) is 1.35. The second-order valence-corrected chi connectivity index (χ2v) is 7.95. The Balaban J connectivity index is 1.58. The molecule has 2 aromatic rings. The zero-order chi connectivity index (χ0) is 21.9. The highest BCUT2D eigenvalue weighted by Crippen LogP contribution is 2.17. The highest BCUT2D eigenvalue weighted by Gasteiger charge is 2.24. The van der Waals surface area contributed by atoms with E-state index in [4.69, 9.17) is 4.74 Å². The number of hydrogen-bond acceptors (Lipinski definition) is 4. The van der Waals surface area contributed by atoms with Gasteiger partial charge in [-0.15, -0.1) is 0 Å². The number of ether oxygens (including phenoxy) is 1. The van der Waals surface area contributed by atoms with Crippen LogP contribution in [0.15, 0.2) is 60.7 Å². The second-order valence-electron chi connectivity index (χ2n) is 7.95. The number of nitrogens with one attached hydrogen (secondary N) is 2. The lowest BCUT2D eigenvalue weighted by Gasteiger charge is -2.19. The SMILES string of the molecule is O=C(COC(=O)[C@H](Cc1ccccc1)NC(=O)c1ccccc1)NC1CCCCCC1. The van der Waals surface area contributed by atoms with Gasteiger partial charge in [0.1, 0.15) is 6.04 Å². The summed E-state index contributed by atoms with van der Waals surface area (Å²) < 4.78 is 5.28. The minimum atomic E-state index is -0.888. The van der Waals surface area contributed by atoms with Crippen LogP contribution in [0.25, 0.3) is 0 Å². The van der Waals surface area contributed by atoms with Crippen molar-refractivity contribution in [3.63, 3.8) is 0 Å². The average Bonchev–Trinajstić information content (AvgIpc) is 3.07. The lowest BCUT2D eigenvalue weighted by atomic mass is 10.1. The first kappa shape index (κ1) is 22.5. The fourth-order valence-electron chi connectivity index (χ4n) is 3.80. The summed E-state index contributed by atoms with van der Waals surface area (Å²) in [6, 6.07) is 17.4. The van der Waals surface area contributed by atoms with Gasteiger partial charge in [-0.2, -0.15) is 0 Å². The van der Waals surface area contributed by atoms with Gasteiger partial charge in [0, 0.05) is 18.0 Å². The van der Waals surface area contributed by atoms with Crippen LogP contribution in [0.4, 0.5) is 0 Å². The molecule has 0 bridgehead atoms. The number of amides is 2. The molecule has 164 valence electrons. The van der Waals surface area contributed by atoms with E-state index in [1.165, 1.54) is 12.8 Å². The van der Waals surface area contributed by atoms with Crippen LogP contribution in [0.5, 0.6) is 0 Å². The molecule has 3 rings (SSSR count). The quantitative estimate of drug-likeness (QED) is 0.504. The second kappa shape index (κ2) is 11.9. The van der Waals surface area contributed by atoms with Crippen LogP contribution in [0.2, 0.25) is 0 Å². The highest BCUT2D eigenvalue weighted by molar-refractivity contribution is 5.97. The molecule has 0 saturated heterocycles. The molecule has 0 aliphatic heterocycles. The minimum Gasteiger partial charge on any atom is -0.454 e. The molecule has 0 spiro atoms. The lowest BCUT2D eigenvalue weighted by Crippen LogP contribution is -2.45. The molecule has 2 N–H and O–H groups in total. The van der Waals surface area contributed by atoms with Crippen LogP contribution in [0, 0.1) is 0 Å². The van der Waals surface area contributed by atoms with Crippen LogP contribution < -0.4 is 10.6 Å². The smallest absolute Gasteiger partial charge is 0.329 e. The topological polar surface area (TPSA) is 84.5 Å². The van der Waals surface area contributed by atoms with Crippen molar-refractivity contribution in [3.8, 4) is 0 Å². The third-order valence-electron chi connectivity index (χ3n) is 5.47. The molecule has 0 unspecified atom stereocenters. The maximum absolute atomic E-state index is 12.7. The van der Waals surface area contributed by atoms with Crippen molar-refractivity contribution in [2.24, 2.45) is 0 Å². The Morgan fingerprint density at radius 1 is 0.871 bits per heavy atom. The summed E-state index contributed by atoms with van der Waals surface area (Å²) in [4.78, 5) is 37.6. The van der Waals surface area contributed by atoms with E-state index in [-0.39, 0.29) is 30.9 Å². The van der Waals surface area contributed by atoms with Crippen molar-refractivity contribution >= 4 is 17.8 Å². The van der Waals surface area contributed by atoms with Crippen LogP contribution in [0.3, 0.4) is 0 Å². The van der Waals surface area contributed by atoms with E-state index in [1.54, 1.807) is 24.3 Å². The minimum absolute atomic E-state index is 0.145. The van der Waals surface area contributed by atoms with Crippen LogP contribution in [0.1, 0.15) is 54.4 Å². The van der Waals surface area contributed by atoms with Crippen molar-refractivity contribution in [1.29, 1.82) is 0 Å². The Hall–Kier alpha value is -3.15. The highest BCUT2D eigenvalue weighted by atomic mass is 16.5. The summed E-state index contributed by atoms with van der Waals surface area (Å²) in [5, 5.41) is 5.72. The molecule has 1 atom stereocenters. The number of carbonyl (C=O) groups is 3. The third-order valence-corrected chi connectivity index (χ3v) is 5.47. The normalized spacial score (nSPS) is 15.4. The summed E-state index contributed by atoms with van der Waals surface area (Å²) in [5.74, 6) is -1.28. The Labute approximate surface area is 183 Å². The van der Waals surface area contributed by atoms with Gasteiger partial charge in [-0.1, -0.05) is 74.2 Å². The first-order chi connectivity index (χ1) is 15.1. The number of benzene rings is 2. The largest absolute Gasteiger partial charge is 0.454 e. The summed E-state index contributed by atoms with van der Waals surface area (Å²) in [7, 11) is 0. The van der Waals surface area contributed by atoms with Gasteiger partial charge in [-0.05, 0) is 30.5 Å². The van der Waals surface area contributed by atoms with Gasteiger partial charge in [-0.3, -0.25) is 9.59 Å². The Morgan fingerprint density at radius 3 is 2.13 bits per heavy atom. The molecular weight excluding hydrogens is 392 g/mol. The predicted octanol–water partition coefficient (Wildman–Crippen LogP) is 3.41. The maximum Gasteiger partial charge on any atom is 0.329 e. The zero-order valence-electron chi connectivity index (χ0n) is 17.7. The number of carbonyl (C=O) groups excluding carboxylic acids is 3. The molecule has 6 heteroatoms. The van der Waals surface area contributed by atoms with Crippen molar-refractivity contribution in [3.05, 3.63) is 71.8 Å². The van der Waals surface area contributed by atoms with E-state index in [9.17, 15) is 14.4 Å². The molecule has 2 amide bonds. The molecular formula is C25H30N2O4. The van der Waals surface area contributed by atoms with Crippen molar-refractivity contribution in [1.82, 2.24) is 10.6 Å². The van der Waals surface area contributed by atoms with Crippen molar-refractivity contribution < 1.29 is 19.1 Å². The van der Waals surface area contributed by atoms with Crippen molar-refractivity contribution in [2.75, 3.05) is 6.61 Å². The summed E-state index contributed by atoms with van der Waals surface area (Å²) in [6.07, 6.45) is 6.81. The lowest BCUT2D eigenvalue weighted by molar-refractivity contribution is -0.150. The molecule has 1 aliphatic rings. The predicted molar refractivity (Wildman–Crippen MR) is 118 cm³/mol. The van der Waals surface area contributed by atoms with Gasteiger partial charge in [-0.25, -0.2) is 4.79 Å². The number of hydrogen-bond donors (Lipinski definition) is 2. The number of rotatable bonds is 8. The monoisotopic (exact) mass is 422 g/mol. The van der Waals surface area contributed by atoms with E-state index in [1.807, 2.05) is 36.4 Å². The standard InChI is InChI=1S/C25H30N2O4/c28-23(26-21-15-9-1-2-10-16-21)18-31-25(30)22(17-19-11-5-3-6-12-19)27-24(29)20-13-7-4-8-14-20/h3-8,11-14,21-22H,1-2,9-10,15-18H2,(H,26,28)(H,27,29)/t22-/m0/s1. The first-order valence-electron chi connectivity index (χ1n) is 11.0. The number of esters is 1. The Morgan fingerprint density at radius 2 is 1.48 bits per heavy atom. The summed E-state index contributed by atoms with van der Waals surface area (Å²) in [6.45, 7) is -0.345. The molecule has 0 aromatic heterocycles. The fraction of sp³-hybridized carbons (Fsp3) is 0.400. The van der Waals surface area contributed by atoms with Crippen LogP contribution in [-0.2, 0) is 20.7 Å². The maximum atomic E-state index is 12.7. The molecule has 31 heavy (non-hydrogen) atoms. The van der Waals surface area contributed by atoms with Gasteiger partial charge in [0.2, 0.25) is 0 Å². The molecule has 1 fully saturated rings. The molecule has 0 heterocycles. The molecule has 1 aliphatic carbocycles. The van der Waals surface area contributed by atoms with E-state index < -0.39 is 12.0 Å². The molecule has 2 aromatic carbocycles. The Kier molecular flexibility index (Phi) is 8.64. The Bertz CT molecular complexity index is 846. The average molecular weight is 423 g/mol. The van der Waals surface area contributed by atoms with Gasteiger partial charge in [0.05, 0.1) is 0 Å². The summed E-state index contributed by atoms with van der Waals surface area (Å²) >= 11 is 0. The van der Waals surface area contributed by atoms with E-state index in [0.717, 1.165) is 31.2 Å². The van der Waals surface area contributed by atoms with E-state index in [2.05, 4.69) is 10.6 Å². The third kappa shape index (κ3) is 7.55. The van der Waals surface area contributed by atoms with Gasteiger partial charge < -0.3 is 15.4 Å². The van der Waals surface area contributed by atoms with Gasteiger partial charge >= 0.3 is 5.97 Å². The molecule has 1 saturated carbocycles. The molecule has 6 nitrogen and oxygen atoms in total. The van der Waals surface area contributed by atoms with Crippen LogP contribution >= 0.6 is 0 Å². The van der Waals surface area contributed by atoms with E-state index >= 15 is 0 Å². The van der Waals surface area contributed by atoms with Gasteiger partial charge in [0.25, 0.3) is 11.8 Å². The fourth-order valence-corrected chi connectivity index (χ4v) is 3.80. The van der Waals surface area contributed by atoms with Crippen molar-refractivity contribution in [2.45, 2.75) is 57.0 Å². The van der Waals surface area contributed by atoms with E-state index in [0.29, 0.717) is 5.56 Å². The van der Waals surface area contributed by atoms with Gasteiger partial charge in [0.15, 0.2) is 6.61 Å². The first-order valence-corrected chi connectivity index (χ1v) is 11.0.